The molecule has 9 heteroatoms. The van der Waals surface area contributed by atoms with E-state index < -0.39 is 6.04 Å². The maximum absolute atomic E-state index is 13.6. The van der Waals surface area contributed by atoms with E-state index in [-0.39, 0.29) is 11.7 Å². The zero-order valence-electron chi connectivity index (χ0n) is 17.3. The molecule has 1 aliphatic heterocycles. The number of aromatic nitrogens is 3. The third kappa shape index (κ3) is 4.13. The summed E-state index contributed by atoms with van der Waals surface area (Å²) in [6.45, 7) is 3.84. The maximum atomic E-state index is 13.6. The smallest absolute Gasteiger partial charge is 0.255 e. The van der Waals surface area contributed by atoms with Gasteiger partial charge in [0.25, 0.3) is 5.91 Å². The highest BCUT2D eigenvalue weighted by Gasteiger charge is 2.34. The molecule has 3 aromatic rings. The molecule has 0 aliphatic carbocycles. The number of allylic oxidation sites excluding steroid dienone is 1. The first-order chi connectivity index (χ1) is 15.0. The van der Waals surface area contributed by atoms with E-state index in [9.17, 15) is 9.18 Å². The normalized spacial score (nSPS) is 15.3. The van der Waals surface area contributed by atoms with Gasteiger partial charge in [0.1, 0.15) is 17.6 Å². The first kappa shape index (κ1) is 20.9. The number of nitrogens with one attached hydrogen (secondary N) is 2. The molecule has 7 nitrogen and oxygen atoms in total. The molecular formula is C22H22FN5O2S. The van der Waals surface area contributed by atoms with Crippen LogP contribution in [0.25, 0.3) is 0 Å². The predicted octanol–water partition coefficient (Wildman–Crippen LogP) is 4.47. The lowest BCUT2D eigenvalue weighted by Crippen LogP contribution is -2.31. The van der Waals surface area contributed by atoms with Gasteiger partial charge in [0.2, 0.25) is 11.1 Å². The van der Waals surface area contributed by atoms with Crippen LogP contribution in [0.2, 0.25) is 0 Å². The second-order valence-corrected chi connectivity index (χ2v) is 8.10. The van der Waals surface area contributed by atoms with Gasteiger partial charge in [-0.2, -0.15) is 4.98 Å². The number of hydrogen-bond acceptors (Lipinski definition) is 6. The molecular weight excluding hydrogens is 417 g/mol. The largest absolute Gasteiger partial charge is 0.495 e. The van der Waals surface area contributed by atoms with Gasteiger partial charge in [-0.3, -0.25) is 4.79 Å². The Morgan fingerprint density at radius 3 is 2.71 bits per heavy atom. The van der Waals surface area contributed by atoms with E-state index in [0.29, 0.717) is 33.8 Å². The predicted molar refractivity (Wildman–Crippen MR) is 119 cm³/mol. The van der Waals surface area contributed by atoms with Gasteiger partial charge in [0.15, 0.2) is 0 Å². The average molecular weight is 440 g/mol. The molecule has 160 valence electrons. The van der Waals surface area contributed by atoms with Crippen LogP contribution in [-0.2, 0) is 4.79 Å². The topological polar surface area (TPSA) is 81.1 Å². The Kier molecular flexibility index (Phi) is 5.94. The van der Waals surface area contributed by atoms with E-state index in [2.05, 4.69) is 20.7 Å². The summed E-state index contributed by atoms with van der Waals surface area (Å²) in [4.78, 5) is 18.0. The monoisotopic (exact) mass is 439 g/mol. The number of carbonyl (C=O) groups is 1. The van der Waals surface area contributed by atoms with Crippen LogP contribution in [0.4, 0.5) is 16.0 Å². The van der Waals surface area contributed by atoms with E-state index in [4.69, 9.17) is 4.74 Å². The molecule has 1 aliphatic rings. The van der Waals surface area contributed by atoms with Crippen molar-refractivity contribution in [3.63, 3.8) is 0 Å². The van der Waals surface area contributed by atoms with Gasteiger partial charge in [0.05, 0.1) is 18.4 Å². The van der Waals surface area contributed by atoms with Crippen LogP contribution in [0.5, 0.6) is 5.75 Å². The number of methoxy groups -OCH3 is 1. The van der Waals surface area contributed by atoms with Crippen molar-refractivity contribution in [3.8, 4) is 5.75 Å². The van der Waals surface area contributed by atoms with Gasteiger partial charge in [-0.1, -0.05) is 43.0 Å². The molecule has 1 amide bonds. The lowest BCUT2D eigenvalue weighted by Gasteiger charge is -2.28. The quantitative estimate of drug-likeness (QED) is 0.552. The molecule has 2 N–H and O–H groups in total. The van der Waals surface area contributed by atoms with Crippen LogP contribution >= 0.6 is 11.8 Å². The van der Waals surface area contributed by atoms with Crippen molar-refractivity contribution in [1.29, 1.82) is 0 Å². The van der Waals surface area contributed by atoms with Crippen molar-refractivity contribution >= 4 is 29.3 Å². The molecule has 0 fully saturated rings. The van der Waals surface area contributed by atoms with Crippen LogP contribution in [0.3, 0.4) is 0 Å². The van der Waals surface area contributed by atoms with Crippen molar-refractivity contribution in [3.05, 3.63) is 71.2 Å². The number of carbonyl (C=O) groups excluding carboxylic acids is 1. The standard InChI is InChI=1S/C22H22FN5O2S/c1-4-31-22-26-21-24-13(2)18(20(29)25-16-7-5-6-8-17(16)30-3)19(28(21)27-22)14-9-11-15(23)12-10-14/h5-12,19H,4H2,1-3H3,(H,25,29)(H,24,26,27)/t19-/m1/s1. The van der Waals surface area contributed by atoms with E-state index in [1.54, 1.807) is 36.1 Å². The van der Waals surface area contributed by atoms with Gasteiger partial charge in [-0.05, 0) is 42.5 Å². The van der Waals surface area contributed by atoms with E-state index in [1.165, 1.54) is 23.9 Å². The molecule has 0 radical (unpaired) electrons. The molecule has 2 heterocycles. The Morgan fingerprint density at radius 2 is 2.00 bits per heavy atom. The minimum absolute atomic E-state index is 0.310. The van der Waals surface area contributed by atoms with E-state index in [1.807, 2.05) is 26.0 Å². The molecule has 0 unspecified atom stereocenters. The van der Waals surface area contributed by atoms with Gasteiger partial charge in [-0.15, -0.1) is 5.10 Å². The number of anilines is 2. The highest BCUT2D eigenvalue weighted by atomic mass is 32.2. The molecule has 1 aromatic heterocycles. The third-order valence-corrected chi connectivity index (χ3v) is 5.61. The molecule has 4 rings (SSSR count). The second kappa shape index (κ2) is 8.81. The van der Waals surface area contributed by atoms with Crippen molar-refractivity contribution in [1.82, 2.24) is 14.8 Å². The second-order valence-electron chi connectivity index (χ2n) is 6.87. The van der Waals surface area contributed by atoms with Gasteiger partial charge in [-0.25, -0.2) is 9.07 Å². The van der Waals surface area contributed by atoms with Gasteiger partial charge < -0.3 is 15.4 Å². The Bertz CT molecular complexity index is 1140. The number of fused-ring (bicyclic) bond motifs is 1. The lowest BCUT2D eigenvalue weighted by molar-refractivity contribution is -0.113. The number of amides is 1. The van der Waals surface area contributed by atoms with E-state index >= 15 is 0 Å². The summed E-state index contributed by atoms with van der Waals surface area (Å²) >= 11 is 1.51. The molecule has 31 heavy (non-hydrogen) atoms. The number of nitrogens with zero attached hydrogens (tertiary/aromatic N) is 3. The van der Waals surface area contributed by atoms with Crippen LogP contribution in [0, 0.1) is 5.82 Å². The minimum atomic E-state index is -0.565. The summed E-state index contributed by atoms with van der Waals surface area (Å²) in [6, 6.07) is 12.7. The summed E-state index contributed by atoms with van der Waals surface area (Å²) in [5.41, 5.74) is 2.39. The number of benzene rings is 2. The van der Waals surface area contributed by atoms with Crippen molar-refractivity contribution in [2.45, 2.75) is 25.0 Å². The molecule has 2 aromatic carbocycles. The molecule has 0 spiro atoms. The Hall–Kier alpha value is -3.33. The first-order valence-electron chi connectivity index (χ1n) is 9.78. The zero-order valence-corrected chi connectivity index (χ0v) is 18.2. The summed E-state index contributed by atoms with van der Waals surface area (Å²) in [7, 11) is 1.55. The van der Waals surface area contributed by atoms with Crippen molar-refractivity contribution in [2.75, 3.05) is 23.5 Å². The van der Waals surface area contributed by atoms with Crippen LogP contribution in [-0.4, -0.2) is 33.5 Å². The van der Waals surface area contributed by atoms with E-state index in [0.717, 1.165) is 11.3 Å². The number of rotatable bonds is 6. The van der Waals surface area contributed by atoms with Crippen molar-refractivity contribution < 1.29 is 13.9 Å². The fourth-order valence-electron chi connectivity index (χ4n) is 3.51. The van der Waals surface area contributed by atoms with Crippen molar-refractivity contribution in [2.24, 2.45) is 0 Å². The summed E-state index contributed by atoms with van der Waals surface area (Å²) < 4.78 is 20.6. The number of ether oxygens (including phenoxy) is 1. The SMILES string of the molecule is CCSc1nc2n(n1)[C@H](c1ccc(F)cc1)C(C(=O)Nc1ccccc1OC)=C(C)N2. The minimum Gasteiger partial charge on any atom is -0.495 e. The maximum Gasteiger partial charge on any atom is 0.255 e. The average Bonchev–Trinajstić information content (AvgIpc) is 3.16. The van der Waals surface area contributed by atoms with Crippen LogP contribution in [0.1, 0.15) is 25.5 Å². The highest BCUT2D eigenvalue weighted by Crippen LogP contribution is 2.37. The van der Waals surface area contributed by atoms with Gasteiger partial charge >= 0.3 is 0 Å². The fourth-order valence-corrected chi connectivity index (χ4v) is 4.06. The number of para-hydroxylation sites is 2. The van der Waals surface area contributed by atoms with Crippen LogP contribution < -0.4 is 15.4 Å². The van der Waals surface area contributed by atoms with Crippen LogP contribution in [0.15, 0.2) is 65.0 Å². The van der Waals surface area contributed by atoms with Gasteiger partial charge in [0, 0.05) is 5.70 Å². The summed E-state index contributed by atoms with van der Waals surface area (Å²) in [6.07, 6.45) is 0. The number of hydrogen-bond donors (Lipinski definition) is 2. The number of thioether (sulfide) groups is 1. The highest BCUT2D eigenvalue weighted by molar-refractivity contribution is 7.99. The third-order valence-electron chi connectivity index (χ3n) is 4.89. The number of halogens is 1. The Morgan fingerprint density at radius 1 is 1.26 bits per heavy atom. The molecule has 1 atom stereocenters. The Balaban J connectivity index is 1.78. The molecule has 0 saturated heterocycles. The summed E-state index contributed by atoms with van der Waals surface area (Å²) in [5, 5.41) is 11.3. The Labute approximate surface area is 183 Å². The molecule has 0 bridgehead atoms. The fraction of sp³-hybridized carbons (Fsp3) is 0.227. The zero-order chi connectivity index (χ0) is 22.0. The molecule has 0 saturated carbocycles. The summed E-state index contributed by atoms with van der Waals surface area (Å²) in [5.74, 6) is 1.25. The lowest BCUT2D eigenvalue weighted by atomic mass is 9.95. The first-order valence-corrected chi connectivity index (χ1v) is 10.8.